The molecule has 0 aliphatic carbocycles. The average molecular weight is 208 g/mol. The minimum Gasteiger partial charge on any atom is -0.476 e. The molecule has 0 saturated heterocycles. The van der Waals surface area contributed by atoms with Crippen molar-refractivity contribution in [3.8, 4) is 5.88 Å². The molecule has 82 valence electrons. The van der Waals surface area contributed by atoms with E-state index in [1.807, 2.05) is 13.8 Å². The zero-order valence-corrected chi connectivity index (χ0v) is 9.08. The fourth-order valence-electron chi connectivity index (χ4n) is 1.01. The van der Waals surface area contributed by atoms with Crippen LogP contribution in [-0.2, 0) is 0 Å². The van der Waals surface area contributed by atoms with Crippen molar-refractivity contribution in [2.75, 3.05) is 24.2 Å². The van der Waals surface area contributed by atoms with E-state index in [0.717, 1.165) is 5.57 Å². The monoisotopic (exact) mass is 208 g/mol. The molecular formula is C10H16N4O. The molecule has 0 aromatic carbocycles. The Balaban J connectivity index is 2.79. The summed E-state index contributed by atoms with van der Waals surface area (Å²) >= 11 is 0. The first-order valence-electron chi connectivity index (χ1n) is 4.76. The van der Waals surface area contributed by atoms with Crippen molar-refractivity contribution in [1.82, 2.24) is 9.97 Å². The molecule has 1 heterocycles. The van der Waals surface area contributed by atoms with Gasteiger partial charge in [-0.1, -0.05) is 12.2 Å². The van der Waals surface area contributed by atoms with Crippen molar-refractivity contribution in [2.45, 2.75) is 13.8 Å². The summed E-state index contributed by atoms with van der Waals surface area (Å²) in [4.78, 5) is 7.96. The van der Waals surface area contributed by atoms with Gasteiger partial charge in [0.05, 0.1) is 6.61 Å². The predicted octanol–water partition coefficient (Wildman–Crippen LogP) is 1.45. The Bertz CT molecular complexity index is 351. The molecule has 5 heteroatoms. The molecular weight excluding hydrogens is 192 g/mol. The highest BCUT2D eigenvalue weighted by molar-refractivity contribution is 5.66. The fraction of sp³-hybridized carbons (Fsp3) is 0.400. The lowest BCUT2D eigenvalue weighted by atomic mass is 10.3. The van der Waals surface area contributed by atoms with Crippen LogP contribution in [0.3, 0.4) is 0 Å². The van der Waals surface area contributed by atoms with Crippen LogP contribution in [0.5, 0.6) is 5.88 Å². The summed E-state index contributed by atoms with van der Waals surface area (Å²) in [6.07, 6.45) is 1.42. The Labute approximate surface area is 89.4 Å². The van der Waals surface area contributed by atoms with E-state index in [2.05, 4.69) is 21.9 Å². The highest BCUT2D eigenvalue weighted by Crippen LogP contribution is 2.24. The second kappa shape index (κ2) is 5.19. The zero-order valence-electron chi connectivity index (χ0n) is 9.08. The Morgan fingerprint density at radius 2 is 2.33 bits per heavy atom. The number of hydrogen-bond acceptors (Lipinski definition) is 5. The lowest BCUT2D eigenvalue weighted by Crippen LogP contribution is -2.09. The quantitative estimate of drug-likeness (QED) is 0.716. The standard InChI is InChI=1S/C10H16N4O/c1-4-15-10-8(11)9(13-6-14-10)12-5-7(2)3/h6H,2,4-5,11H2,1,3H3,(H,12,13,14). The van der Waals surface area contributed by atoms with Gasteiger partial charge in [0, 0.05) is 6.54 Å². The van der Waals surface area contributed by atoms with Gasteiger partial charge in [0.15, 0.2) is 5.82 Å². The first-order chi connectivity index (χ1) is 7.15. The van der Waals surface area contributed by atoms with E-state index < -0.39 is 0 Å². The molecule has 1 rings (SSSR count). The van der Waals surface area contributed by atoms with E-state index in [1.165, 1.54) is 6.33 Å². The topological polar surface area (TPSA) is 73.1 Å². The van der Waals surface area contributed by atoms with Gasteiger partial charge in [0.2, 0.25) is 5.88 Å². The summed E-state index contributed by atoms with van der Waals surface area (Å²) in [5.41, 5.74) is 7.25. The molecule has 0 aliphatic heterocycles. The maximum atomic E-state index is 5.81. The van der Waals surface area contributed by atoms with E-state index in [4.69, 9.17) is 10.5 Å². The van der Waals surface area contributed by atoms with Gasteiger partial charge >= 0.3 is 0 Å². The van der Waals surface area contributed by atoms with Gasteiger partial charge in [-0.25, -0.2) is 4.98 Å². The van der Waals surface area contributed by atoms with E-state index in [-0.39, 0.29) is 0 Å². The normalized spacial score (nSPS) is 9.73. The van der Waals surface area contributed by atoms with Crippen molar-refractivity contribution < 1.29 is 4.74 Å². The number of aromatic nitrogens is 2. The van der Waals surface area contributed by atoms with Crippen molar-refractivity contribution in [3.63, 3.8) is 0 Å². The number of rotatable bonds is 5. The molecule has 0 fully saturated rings. The van der Waals surface area contributed by atoms with Gasteiger partial charge in [-0.15, -0.1) is 0 Å². The molecule has 1 aromatic heterocycles. The smallest absolute Gasteiger partial charge is 0.242 e. The van der Waals surface area contributed by atoms with Gasteiger partial charge in [-0.2, -0.15) is 4.98 Å². The van der Waals surface area contributed by atoms with Crippen LogP contribution in [0.15, 0.2) is 18.5 Å². The molecule has 15 heavy (non-hydrogen) atoms. The maximum Gasteiger partial charge on any atom is 0.242 e. The first kappa shape index (κ1) is 11.3. The Hall–Kier alpha value is -1.78. The van der Waals surface area contributed by atoms with Crippen molar-refractivity contribution in [2.24, 2.45) is 0 Å². The largest absolute Gasteiger partial charge is 0.476 e. The lowest BCUT2D eigenvalue weighted by Gasteiger charge is -2.10. The van der Waals surface area contributed by atoms with E-state index >= 15 is 0 Å². The number of nitrogen functional groups attached to an aromatic ring is 1. The Morgan fingerprint density at radius 3 is 2.93 bits per heavy atom. The van der Waals surface area contributed by atoms with Gasteiger partial charge < -0.3 is 15.8 Å². The molecule has 0 unspecified atom stereocenters. The van der Waals surface area contributed by atoms with Crippen LogP contribution in [0.1, 0.15) is 13.8 Å². The van der Waals surface area contributed by atoms with Crippen molar-refractivity contribution in [1.29, 1.82) is 0 Å². The van der Waals surface area contributed by atoms with E-state index in [1.54, 1.807) is 0 Å². The van der Waals surface area contributed by atoms with Crippen LogP contribution in [0.2, 0.25) is 0 Å². The highest BCUT2D eigenvalue weighted by Gasteiger charge is 2.07. The zero-order chi connectivity index (χ0) is 11.3. The molecule has 1 aromatic rings. The number of nitrogens with one attached hydrogen (secondary N) is 1. The van der Waals surface area contributed by atoms with Gasteiger partial charge in [-0.05, 0) is 13.8 Å². The second-order valence-corrected chi connectivity index (χ2v) is 3.18. The lowest BCUT2D eigenvalue weighted by molar-refractivity contribution is 0.328. The van der Waals surface area contributed by atoms with Gasteiger partial charge in [0.1, 0.15) is 12.0 Å². The summed E-state index contributed by atoms with van der Waals surface area (Å²) < 4.78 is 5.25. The van der Waals surface area contributed by atoms with E-state index in [9.17, 15) is 0 Å². The third-order valence-electron chi connectivity index (χ3n) is 1.69. The predicted molar refractivity (Wildman–Crippen MR) is 60.9 cm³/mol. The fourth-order valence-corrected chi connectivity index (χ4v) is 1.01. The molecule has 5 nitrogen and oxygen atoms in total. The van der Waals surface area contributed by atoms with Gasteiger partial charge in [0.25, 0.3) is 0 Å². The summed E-state index contributed by atoms with van der Waals surface area (Å²) in [5, 5.41) is 3.06. The summed E-state index contributed by atoms with van der Waals surface area (Å²) in [5.74, 6) is 0.994. The number of nitrogens with two attached hydrogens (primary N) is 1. The molecule has 0 saturated carbocycles. The van der Waals surface area contributed by atoms with Gasteiger partial charge in [-0.3, -0.25) is 0 Å². The Morgan fingerprint density at radius 1 is 1.60 bits per heavy atom. The molecule has 3 N–H and O–H groups in total. The third-order valence-corrected chi connectivity index (χ3v) is 1.69. The van der Waals surface area contributed by atoms with Crippen LogP contribution in [0, 0.1) is 0 Å². The summed E-state index contributed by atoms with van der Waals surface area (Å²) in [7, 11) is 0. The van der Waals surface area contributed by atoms with E-state index in [0.29, 0.717) is 30.5 Å². The van der Waals surface area contributed by atoms with Crippen LogP contribution >= 0.6 is 0 Å². The molecule has 0 radical (unpaired) electrons. The summed E-state index contributed by atoms with van der Waals surface area (Å²) in [6, 6.07) is 0. The average Bonchev–Trinajstić information content (AvgIpc) is 2.19. The number of hydrogen-bond donors (Lipinski definition) is 2. The third kappa shape index (κ3) is 3.12. The van der Waals surface area contributed by atoms with Crippen LogP contribution in [0.25, 0.3) is 0 Å². The minimum absolute atomic E-state index is 0.414. The maximum absolute atomic E-state index is 5.81. The molecule has 0 spiro atoms. The second-order valence-electron chi connectivity index (χ2n) is 3.18. The van der Waals surface area contributed by atoms with Crippen LogP contribution in [0.4, 0.5) is 11.5 Å². The van der Waals surface area contributed by atoms with Crippen LogP contribution in [-0.4, -0.2) is 23.1 Å². The van der Waals surface area contributed by atoms with Crippen molar-refractivity contribution in [3.05, 3.63) is 18.5 Å². The Kier molecular flexibility index (Phi) is 3.91. The number of nitrogens with zero attached hydrogens (tertiary/aromatic N) is 2. The molecule has 0 bridgehead atoms. The summed E-state index contributed by atoms with van der Waals surface area (Å²) in [6.45, 7) is 8.74. The number of ether oxygens (including phenoxy) is 1. The van der Waals surface area contributed by atoms with Crippen LogP contribution < -0.4 is 15.8 Å². The van der Waals surface area contributed by atoms with Crippen molar-refractivity contribution >= 4 is 11.5 Å². The highest BCUT2D eigenvalue weighted by atomic mass is 16.5. The molecule has 0 atom stereocenters. The number of anilines is 2. The molecule has 0 amide bonds. The molecule has 0 aliphatic rings. The SMILES string of the molecule is C=C(C)CNc1ncnc(OCC)c1N. The first-order valence-corrected chi connectivity index (χ1v) is 4.76. The minimum atomic E-state index is 0.414.